The first-order chi connectivity index (χ1) is 9.16. The van der Waals surface area contributed by atoms with Crippen molar-refractivity contribution in [2.24, 2.45) is 4.99 Å². The molecule has 1 aliphatic rings. The Balaban J connectivity index is 2.14. The van der Waals surface area contributed by atoms with Gasteiger partial charge in [-0.3, -0.25) is 4.99 Å². The molecule has 1 unspecified atom stereocenters. The number of methoxy groups -OCH3 is 1. The first kappa shape index (κ1) is 11.9. The van der Waals surface area contributed by atoms with Gasteiger partial charge in [0.25, 0.3) is 0 Å². The van der Waals surface area contributed by atoms with Crippen LogP contribution in [0.5, 0.6) is 5.75 Å². The molecule has 0 aliphatic carbocycles. The van der Waals surface area contributed by atoms with Crippen LogP contribution in [0.15, 0.2) is 53.5 Å². The van der Waals surface area contributed by atoms with Crippen molar-refractivity contribution in [3.63, 3.8) is 0 Å². The molecule has 2 aromatic rings. The number of aliphatic imine (C=N–C) groups is 1. The highest BCUT2D eigenvalue weighted by Crippen LogP contribution is 2.42. The van der Waals surface area contributed by atoms with Gasteiger partial charge in [-0.2, -0.15) is 0 Å². The van der Waals surface area contributed by atoms with Gasteiger partial charge in [-0.25, -0.2) is 0 Å². The van der Waals surface area contributed by atoms with E-state index in [0.29, 0.717) is 5.71 Å². The molecular weight excluding hydrogens is 238 g/mol. The van der Waals surface area contributed by atoms with Crippen LogP contribution in [0.1, 0.15) is 18.1 Å². The molecule has 19 heavy (non-hydrogen) atoms. The average Bonchev–Trinajstić information content (AvgIpc) is 2.72. The number of nitrogens with zero attached hydrogens (tertiary/aromatic N) is 1. The van der Waals surface area contributed by atoms with Crippen molar-refractivity contribution in [3.05, 3.63) is 59.7 Å². The minimum absolute atomic E-state index is 0.693. The zero-order valence-electron chi connectivity index (χ0n) is 10.9. The smallest absolute Gasteiger partial charge is 0.155 e. The molecule has 0 radical (unpaired) electrons. The highest BCUT2D eigenvalue weighted by Gasteiger charge is 2.40. The highest BCUT2D eigenvalue weighted by atomic mass is 16.5. The van der Waals surface area contributed by atoms with E-state index in [4.69, 9.17) is 4.74 Å². The van der Waals surface area contributed by atoms with Gasteiger partial charge in [0.2, 0.25) is 0 Å². The van der Waals surface area contributed by atoms with Crippen molar-refractivity contribution in [1.82, 2.24) is 0 Å². The summed E-state index contributed by atoms with van der Waals surface area (Å²) in [5, 5.41) is 11.1. The van der Waals surface area contributed by atoms with Crippen molar-refractivity contribution in [2.75, 3.05) is 7.11 Å². The Hall–Kier alpha value is -2.13. The summed E-state index contributed by atoms with van der Waals surface area (Å²) >= 11 is 0. The minimum atomic E-state index is -1.14. The zero-order valence-corrected chi connectivity index (χ0v) is 10.9. The molecule has 3 rings (SSSR count). The summed E-state index contributed by atoms with van der Waals surface area (Å²) in [6, 6.07) is 15.1. The van der Waals surface area contributed by atoms with Gasteiger partial charge >= 0.3 is 0 Å². The van der Waals surface area contributed by atoms with E-state index >= 15 is 0 Å². The van der Waals surface area contributed by atoms with E-state index in [9.17, 15) is 5.11 Å². The van der Waals surface area contributed by atoms with Gasteiger partial charge in [0.05, 0.1) is 18.5 Å². The van der Waals surface area contributed by atoms with Crippen LogP contribution in [0.2, 0.25) is 0 Å². The Kier molecular flexibility index (Phi) is 2.64. The monoisotopic (exact) mass is 253 g/mol. The van der Waals surface area contributed by atoms with Gasteiger partial charge in [-0.15, -0.1) is 0 Å². The second-order valence-corrected chi connectivity index (χ2v) is 4.65. The number of hydrogen-bond donors (Lipinski definition) is 1. The number of aliphatic hydroxyl groups is 1. The normalized spacial score (nSPS) is 20.9. The number of fused-ring (bicyclic) bond motifs is 1. The van der Waals surface area contributed by atoms with Crippen molar-refractivity contribution in [3.8, 4) is 5.75 Å². The molecule has 0 spiro atoms. The molecule has 0 bridgehead atoms. The van der Waals surface area contributed by atoms with Crippen LogP contribution in [-0.2, 0) is 5.60 Å². The van der Waals surface area contributed by atoms with Gasteiger partial charge in [-0.05, 0) is 30.7 Å². The maximum Gasteiger partial charge on any atom is 0.155 e. The second kappa shape index (κ2) is 4.21. The summed E-state index contributed by atoms with van der Waals surface area (Å²) in [5.74, 6) is 0.772. The Morgan fingerprint density at radius 3 is 2.42 bits per heavy atom. The lowest BCUT2D eigenvalue weighted by atomic mass is 9.84. The molecule has 3 heteroatoms. The van der Waals surface area contributed by atoms with Crippen molar-refractivity contribution in [1.29, 1.82) is 0 Å². The fourth-order valence-electron chi connectivity index (χ4n) is 2.53. The fraction of sp³-hybridized carbons (Fsp3) is 0.188. The van der Waals surface area contributed by atoms with Crippen molar-refractivity contribution >= 4 is 11.4 Å². The third kappa shape index (κ3) is 1.66. The molecule has 96 valence electrons. The lowest BCUT2D eigenvalue weighted by Gasteiger charge is -2.25. The maximum absolute atomic E-state index is 11.1. The Morgan fingerprint density at radius 2 is 1.74 bits per heavy atom. The molecular formula is C16H15NO2. The van der Waals surface area contributed by atoms with E-state index in [-0.39, 0.29) is 0 Å². The summed E-state index contributed by atoms with van der Waals surface area (Å²) in [5.41, 5.74) is 2.03. The molecule has 1 aliphatic heterocycles. The van der Waals surface area contributed by atoms with E-state index in [0.717, 1.165) is 22.6 Å². The number of para-hydroxylation sites is 1. The predicted molar refractivity (Wildman–Crippen MR) is 75.2 cm³/mol. The minimum Gasteiger partial charge on any atom is -0.497 e. The van der Waals surface area contributed by atoms with Crippen LogP contribution >= 0.6 is 0 Å². The predicted octanol–water partition coefficient (Wildman–Crippen LogP) is 3.04. The Morgan fingerprint density at radius 1 is 1.05 bits per heavy atom. The molecule has 2 aromatic carbocycles. The van der Waals surface area contributed by atoms with E-state index in [1.165, 1.54) is 0 Å². The topological polar surface area (TPSA) is 41.8 Å². The SMILES string of the molecule is COc1ccc(C2(O)C(C)=Nc3ccccc32)cc1. The summed E-state index contributed by atoms with van der Waals surface area (Å²) in [7, 11) is 1.63. The molecule has 0 fully saturated rings. The van der Waals surface area contributed by atoms with E-state index in [1.54, 1.807) is 7.11 Å². The van der Waals surface area contributed by atoms with Crippen LogP contribution in [0.25, 0.3) is 0 Å². The molecule has 0 amide bonds. The molecule has 1 atom stereocenters. The van der Waals surface area contributed by atoms with Crippen LogP contribution in [0.4, 0.5) is 5.69 Å². The Bertz CT molecular complexity index is 646. The van der Waals surface area contributed by atoms with E-state index < -0.39 is 5.60 Å². The van der Waals surface area contributed by atoms with Gasteiger partial charge in [-0.1, -0.05) is 30.3 Å². The summed E-state index contributed by atoms with van der Waals surface area (Å²) in [6.07, 6.45) is 0. The Labute approximate surface area is 112 Å². The molecule has 3 nitrogen and oxygen atoms in total. The van der Waals surface area contributed by atoms with Gasteiger partial charge in [0.15, 0.2) is 5.60 Å². The standard InChI is InChI=1S/C16H15NO2/c1-11-16(18,12-7-9-13(19-2)10-8-12)14-5-3-4-6-15(14)17-11/h3-10,18H,1-2H3. The summed E-state index contributed by atoms with van der Waals surface area (Å²) < 4.78 is 5.15. The number of rotatable bonds is 2. The van der Waals surface area contributed by atoms with Crippen molar-refractivity contribution < 1.29 is 9.84 Å². The molecule has 0 saturated carbocycles. The fourth-order valence-corrected chi connectivity index (χ4v) is 2.53. The maximum atomic E-state index is 11.1. The number of benzene rings is 2. The molecule has 0 saturated heterocycles. The zero-order chi connectivity index (χ0) is 13.5. The number of ether oxygens (including phenoxy) is 1. The largest absolute Gasteiger partial charge is 0.497 e. The average molecular weight is 253 g/mol. The molecule has 1 N–H and O–H groups in total. The first-order valence-corrected chi connectivity index (χ1v) is 6.18. The van der Waals surface area contributed by atoms with Crippen LogP contribution < -0.4 is 4.74 Å². The third-order valence-corrected chi connectivity index (χ3v) is 3.61. The van der Waals surface area contributed by atoms with Crippen LogP contribution in [-0.4, -0.2) is 17.9 Å². The van der Waals surface area contributed by atoms with E-state index in [2.05, 4.69) is 4.99 Å². The molecule has 1 heterocycles. The van der Waals surface area contributed by atoms with Crippen molar-refractivity contribution in [2.45, 2.75) is 12.5 Å². The summed E-state index contributed by atoms with van der Waals surface area (Å²) in [4.78, 5) is 4.46. The lowest BCUT2D eigenvalue weighted by Crippen LogP contribution is -2.32. The lowest BCUT2D eigenvalue weighted by molar-refractivity contribution is 0.159. The quantitative estimate of drug-likeness (QED) is 0.893. The first-order valence-electron chi connectivity index (χ1n) is 6.18. The highest BCUT2D eigenvalue weighted by molar-refractivity contribution is 6.01. The van der Waals surface area contributed by atoms with Gasteiger partial charge < -0.3 is 9.84 Å². The van der Waals surface area contributed by atoms with E-state index in [1.807, 2.05) is 55.5 Å². The third-order valence-electron chi connectivity index (χ3n) is 3.61. The second-order valence-electron chi connectivity index (χ2n) is 4.65. The van der Waals surface area contributed by atoms with Crippen LogP contribution in [0.3, 0.4) is 0 Å². The van der Waals surface area contributed by atoms with Gasteiger partial charge in [0, 0.05) is 5.56 Å². The summed E-state index contributed by atoms with van der Waals surface area (Å²) in [6.45, 7) is 1.85. The molecule has 0 aromatic heterocycles. The number of hydrogen-bond acceptors (Lipinski definition) is 3. The van der Waals surface area contributed by atoms with Gasteiger partial charge in [0.1, 0.15) is 5.75 Å². The van der Waals surface area contributed by atoms with Crippen LogP contribution in [0, 0.1) is 0 Å².